The van der Waals surface area contributed by atoms with Crippen molar-refractivity contribution in [2.45, 2.75) is 13.8 Å². The van der Waals surface area contributed by atoms with Crippen molar-refractivity contribution < 1.29 is 14.3 Å². The van der Waals surface area contributed by atoms with E-state index in [1.165, 1.54) is 4.90 Å². The summed E-state index contributed by atoms with van der Waals surface area (Å²) in [4.78, 5) is 24.8. The lowest BCUT2D eigenvalue weighted by atomic mass is 10.1. The van der Waals surface area contributed by atoms with Crippen LogP contribution in [0.2, 0.25) is 0 Å². The largest absolute Gasteiger partial charge is 0.465 e. The number of hydrogen-bond donors (Lipinski definition) is 0. The van der Waals surface area contributed by atoms with Crippen LogP contribution in [0.5, 0.6) is 0 Å². The molecule has 0 heterocycles. The Balaban J connectivity index is 2.77. The Morgan fingerprint density at radius 2 is 2.06 bits per heavy atom. The second-order valence-electron chi connectivity index (χ2n) is 3.93. The fraction of sp³-hybridized carbons (Fsp3) is 0.385. The number of carbonyl (C=O) groups is 2. The van der Waals surface area contributed by atoms with E-state index in [0.717, 1.165) is 10.0 Å². The summed E-state index contributed by atoms with van der Waals surface area (Å²) in [5.74, 6) is -0.587. The molecule has 0 atom stereocenters. The first-order valence-electron chi connectivity index (χ1n) is 5.63. The minimum Gasteiger partial charge on any atom is -0.465 e. The van der Waals surface area contributed by atoms with E-state index in [2.05, 4.69) is 15.9 Å². The van der Waals surface area contributed by atoms with Crippen LogP contribution in [0.25, 0.3) is 0 Å². The van der Waals surface area contributed by atoms with Crippen molar-refractivity contribution in [2.24, 2.45) is 0 Å². The van der Waals surface area contributed by atoms with E-state index in [0.29, 0.717) is 12.2 Å². The zero-order valence-corrected chi connectivity index (χ0v) is 12.3. The van der Waals surface area contributed by atoms with Crippen molar-refractivity contribution in [1.82, 2.24) is 4.90 Å². The standard InChI is InChI=1S/C13H16BrNO3/c1-4-18-12(16)8-15(3)13(17)11-6-5-10(14)7-9(11)2/h5-7H,4,8H2,1-3H3. The van der Waals surface area contributed by atoms with Crippen LogP contribution >= 0.6 is 15.9 Å². The maximum Gasteiger partial charge on any atom is 0.325 e. The highest BCUT2D eigenvalue weighted by Gasteiger charge is 2.17. The van der Waals surface area contributed by atoms with Crippen LogP contribution in [0, 0.1) is 6.92 Å². The summed E-state index contributed by atoms with van der Waals surface area (Å²) in [6.07, 6.45) is 0. The number of benzene rings is 1. The van der Waals surface area contributed by atoms with Gasteiger partial charge in [-0.3, -0.25) is 9.59 Å². The second-order valence-corrected chi connectivity index (χ2v) is 4.84. The number of amides is 1. The van der Waals surface area contributed by atoms with Gasteiger partial charge in [0.1, 0.15) is 6.54 Å². The normalized spacial score (nSPS) is 10.0. The molecule has 5 heteroatoms. The van der Waals surface area contributed by atoms with Crippen molar-refractivity contribution in [1.29, 1.82) is 0 Å². The molecule has 1 rings (SSSR count). The lowest BCUT2D eigenvalue weighted by molar-refractivity contribution is -0.143. The average molecular weight is 314 g/mol. The molecule has 0 aromatic heterocycles. The fourth-order valence-corrected chi connectivity index (χ4v) is 2.02. The molecule has 0 aliphatic carbocycles. The van der Waals surface area contributed by atoms with Crippen molar-refractivity contribution in [3.05, 3.63) is 33.8 Å². The number of aryl methyl sites for hydroxylation is 1. The van der Waals surface area contributed by atoms with Crippen molar-refractivity contribution in [3.63, 3.8) is 0 Å². The van der Waals surface area contributed by atoms with Crippen LogP contribution < -0.4 is 0 Å². The molecule has 0 spiro atoms. The van der Waals surface area contributed by atoms with Gasteiger partial charge in [0.15, 0.2) is 0 Å². The second kappa shape index (κ2) is 6.54. The molecule has 0 unspecified atom stereocenters. The number of ether oxygens (including phenoxy) is 1. The lowest BCUT2D eigenvalue weighted by Gasteiger charge is -2.17. The number of halogens is 1. The third kappa shape index (κ3) is 3.84. The fourth-order valence-electron chi connectivity index (χ4n) is 1.54. The maximum absolute atomic E-state index is 12.1. The summed E-state index contributed by atoms with van der Waals surface area (Å²) < 4.78 is 5.73. The van der Waals surface area contributed by atoms with Crippen molar-refractivity contribution in [3.8, 4) is 0 Å². The van der Waals surface area contributed by atoms with E-state index >= 15 is 0 Å². The van der Waals surface area contributed by atoms with Crippen LogP contribution in [-0.4, -0.2) is 37.0 Å². The van der Waals surface area contributed by atoms with Gasteiger partial charge in [0, 0.05) is 17.1 Å². The molecular weight excluding hydrogens is 298 g/mol. The summed E-state index contributed by atoms with van der Waals surface area (Å²) in [5.41, 5.74) is 1.45. The van der Waals surface area contributed by atoms with Gasteiger partial charge >= 0.3 is 5.97 Å². The lowest BCUT2D eigenvalue weighted by Crippen LogP contribution is -2.33. The van der Waals surface area contributed by atoms with Gasteiger partial charge in [-0.15, -0.1) is 0 Å². The SMILES string of the molecule is CCOC(=O)CN(C)C(=O)c1ccc(Br)cc1C. The monoisotopic (exact) mass is 313 g/mol. The Hall–Kier alpha value is -1.36. The Kier molecular flexibility index (Phi) is 5.34. The molecule has 0 aliphatic rings. The average Bonchev–Trinajstić information content (AvgIpc) is 2.28. The minimum atomic E-state index is -0.400. The number of esters is 1. The molecule has 1 aromatic carbocycles. The number of carbonyl (C=O) groups excluding carboxylic acids is 2. The van der Waals surface area contributed by atoms with E-state index in [4.69, 9.17) is 4.74 Å². The minimum absolute atomic E-state index is 0.0395. The first-order valence-corrected chi connectivity index (χ1v) is 6.42. The molecule has 1 amide bonds. The van der Waals surface area contributed by atoms with Gasteiger partial charge in [-0.05, 0) is 37.6 Å². The highest BCUT2D eigenvalue weighted by molar-refractivity contribution is 9.10. The molecule has 0 bridgehead atoms. The highest BCUT2D eigenvalue weighted by atomic mass is 79.9. The van der Waals surface area contributed by atoms with Gasteiger partial charge in [-0.1, -0.05) is 15.9 Å². The molecule has 0 fully saturated rings. The smallest absolute Gasteiger partial charge is 0.325 e. The predicted octanol–water partition coefficient (Wildman–Crippen LogP) is 2.39. The van der Waals surface area contributed by atoms with Crippen molar-refractivity contribution >= 4 is 27.8 Å². The molecule has 18 heavy (non-hydrogen) atoms. The summed E-state index contributed by atoms with van der Waals surface area (Å²) in [7, 11) is 1.58. The quantitative estimate of drug-likeness (QED) is 0.802. The van der Waals surface area contributed by atoms with Crippen LogP contribution in [0.4, 0.5) is 0 Å². The maximum atomic E-state index is 12.1. The number of rotatable bonds is 4. The van der Waals surface area contributed by atoms with E-state index in [9.17, 15) is 9.59 Å². The summed E-state index contributed by atoms with van der Waals surface area (Å²) in [5, 5.41) is 0. The molecule has 4 nitrogen and oxygen atoms in total. The number of hydrogen-bond acceptors (Lipinski definition) is 3. The van der Waals surface area contributed by atoms with Crippen LogP contribution in [0.1, 0.15) is 22.8 Å². The molecule has 0 aliphatic heterocycles. The van der Waals surface area contributed by atoms with Gasteiger partial charge in [0.2, 0.25) is 0 Å². The molecule has 0 saturated heterocycles. The first-order chi connectivity index (χ1) is 8.45. The van der Waals surface area contributed by atoms with Crippen LogP contribution in [0.3, 0.4) is 0 Å². The summed E-state index contributed by atoms with van der Waals surface area (Å²) in [6.45, 7) is 3.87. The summed E-state index contributed by atoms with van der Waals surface area (Å²) in [6, 6.07) is 5.41. The van der Waals surface area contributed by atoms with Gasteiger partial charge in [0.25, 0.3) is 5.91 Å². The molecular formula is C13H16BrNO3. The van der Waals surface area contributed by atoms with Gasteiger partial charge in [0.05, 0.1) is 6.61 Å². The van der Waals surface area contributed by atoms with Crippen molar-refractivity contribution in [2.75, 3.05) is 20.2 Å². The summed E-state index contributed by atoms with van der Waals surface area (Å²) >= 11 is 3.34. The Morgan fingerprint density at radius 1 is 1.39 bits per heavy atom. The number of nitrogens with zero attached hydrogens (tertiary/aromatic N) is 1. The molecule has 98 valence electrons. The van der Waals surface area contributed by atoms with E-state index in [1.807, 2.05) is 13.0 Å². The van der Waals surface area contributed by atoms with Gasteiger partial charge < -0.3 is 9.64 Å². The molecule has 0 saturated carbocycles. The van der Waals surface area contributed by atoms with E-state index < -0.39 is 5.97 Å². The van der Waals surface area contributed by atoms with Gasteiger partial charge in [-0.2, -0.15) is 0 Å². The zero-order valence-electron chi connectivity index (χ0n) is 10.7. The Morgan fingerprint density at radius 3 is 2.61 bits per heavy atom. The molecule has 1 aromatic rings. The molecule has 0 N–H and O–H groups in total. The topological polar surface area (TPSA) is 46.6 Å². The third-order valence-corrected chi connectivity index (χ3v) is 2.93. The third-order valence-electron chi connectivity index (χ3n) is 2.44. The Labute approximate surface area is 115 Å². The van der Waals surface area contributed by atoms with Gasteiger partial charge in [-0.25, -0.2) is 0 Å². The Bertz CT molecular complexity index is 460. The first kappa shape index (κ1) is 14.7. The highest BCUT2D eigenvalue weighted by Crippen LogP contribution is 2.17. The number of likely N-dealkylation sites (N-methyl/N-ethyl adjacent to an activating group) is 1. The van der Waals surface area contributed by atoms with E-state index in [1.54, 1.807) is 26.1 Å². The molecule has 0 radical (unpaired) electrons. The van der Waals surface area contributed by atoms with E-state index in [-0.39, 0.29) is 12.5 Å². The van der Waals surface area contributed by atoms with Crippen LogP contribution in [0.15, 0.2) is 22.7 Å². The van der Waals surface area contributed by atoms with Crippen LogP contribution in [-0.2, 0) is 9.53 Å². The predicted molar refractivity (Wildman–Crippen MR) is 72.5 cm³/mol. The zero-order chi connectivity index (χ0) is 13.7.